The number of aromatic nitrogens is 2. The van der Waals surface area contributed by atoms with Crippen LogP contribution in [0.4, 0.5) is 14.6 Å². The van der Waals surface area contributed by atoms with Gasteiger partial charge in [0.1, 0.15) is 11.5 Å². The minimum absolute atomic E-state index is 0.161. The van der Waals surface area contributed by atoms with Crippen molar-refractivity contribution in [2.45, 2.75) is 26.2 Å². The Bertz CT molecular complexity index is 275. The molecule has 12 heavy (non-hydrogen) atoms. The van der Waals surface area contributed by atoms with Crippen molar-refractivity contribution < 1.29 is 8.78 Å². The Hall–Kier alpha value is -1.13. The molecule has 0 aliphatic rings. The highest BCUT2D eigenvalue weighted by Crippen LogP contribution is 2.30. The molecule has 1 aromatic heterocycles. The first-order valence-electron chi connectivity index (χ1n) is 3.67. The summed E-state index contributed by atoms with van der Waals surface area (Å²) >= 11 is 0. The predicted octanol–water partition coefficient (Wildman–Crippen LogP) is 1.67. The Morgan fingerprint density at radius 3 is 2.50 bits per heavy atom. The molecule has 0 unspecified atom stereocenters. The molecule has 0 bridgehead atoms. The largest absolute Gasteiger partial charge is 0.382 e. The van der Waals surface area contributed by atoms with Crippen molar-refractivity contribution in [2.24, 2.45) is 0 Å². The molecule has 0 fully saturated rings. The molecular formula is C7H11F2N3. The summed E-state index contributed by atoms with van der Waals surface area (Å²) in [5, 5.41) is 5.77. The van der Waals surface area contributed by atoms with Gasteiger partial charge in [-0.2, -0.15) is 13.9 Å². The van der Waals surface area contributed by atoms with Crippen LogP contribution in [0.2, 0.25) is 0 Å². The van der Waals surface area contributed by atoms with Crippen LogP contribution in [0.5, 0.6) is 0 Å². The lowest BCUT2D eigenvalue weighted by atomic mass is 10.1. The van der Waals surface area contributed by atoms with Crippen molar-refractivity contribution in [3.8, 4) is 0 Å². The summed E-state index contributed by atoms with van der Waals surface area (Å²) in [6.45, 7) is 2.58. The monoisotopic (exact) mass is 175 g/mol. The molecule has 1 rings (SSSR count). The van der Waals surface area contributed by atoms with Crippen LogP contribution >= 0.6 is 0 Å². The fourth-order valence-corrected chi connectivity index (χ4v) is 1.10. The second-order valence-electron chi connectivity index (χ2n) is 2.70. The van der Waals surface area contributed by atoms with Crippen LogP contribution in [-0.4, -0.2) is 10.2 Å². The molecule has 3 nitrogen and oxygen atoms in total. The molecule has 0 spiro atoms. The van der Waals surface area contributed by atoms with E-state index in [1.807, 2.05) is 0 Å². The molecular weight excluding hydrogens is 164 g/mol. The third-order valence-electron chi connectivity index (χ3n) is 1.69. The first kappa shape index (κ1) is 8.96. The molecule has 0 aromatic carbocycles. The second-order valence-corrected chi connectivity index (χ2v) is 2.70. The Labute approximate surface area is 69.0 Å². The highest BCUT2D eigenvalue weighted by Gasteiger charge is 2.30. The lowest BCUT2D eigenvalue weighted by Crippen LogP contribution is -2.10. The third-order valence-corrected chi connectivity index (χ3v) is 1.69. The maximum Gasteiger partial charge on any atom is 0.286 e. The Morgan fingerprint density at radius 1 is 1.58 bits per heavy atom. The summed E-state index contributed by atoms with van der Waals surface area (Å²) < 4.78 is 25.6. The average Bonchev–Trinajstić information content (AvgIpc) is 2.29. The quantitative estimate of drug-likeness (QED) is 0.718. The number of nitrogens with zero attached hydrogens (tertiary/aromatic N) is 1. The van der Waals surface area contributed by atoms with Crippen molar-refractivity contribution in [3.05, 3.63) is 11.3 Å². The van der Waals surface area contributed by atoms with Crippen LogP contribution in [0.25, 0.3) is 0 Å². The van der Waals surface area contributed by atoms with E-state index in [0.717, 1.165) is 6.92 Å². The van der Waals surface area contributed by atoms with Gasteiger partial charge in [-0.25, -0.2) is 0 Å². The van der Waals surface area contributed by atoms with Crippen LogP contribution in [0.15, 0.2) is 0 Å². The number of nitrogen functional groups attached to an aromatic ring is 1. The van der Waals surface area contributed by atoms with E-state index < -0.39 is 5.92 Å². The summed E-state index contributed by atoms with van der Waals surface area (Å²) in [4.78, 5) is 0. The van der Waals surface area contributed by atoms with Gasteiger partial charge < -0.3 is 5.73 Å². The van der Waals surface area contributed by atoms with Gasteiger partial charge in [-0.15, -0.1) is 0 Å². The van der Waals surface area contributed by atoms with E-state index in [1.54, 1.807) is 6.92 Å². The van der Waals surface area contributed by atoms with Crippen LogP contribution in [0, 0.1) is 0 Å². The summed E-state index contributed by atoms with van der Waals surface area (Å²) in [5.41, 5.74) is 5.60. The number of alkyl halides is 2. The maximum absolute atomic E-state index is 12.8. The summed E-state index contributed by atoms with van der Waals surface area (Å²) in [7, 11) is 0. The number of nitrogens with two attached hydrogens (primary N) is 1. The van der Waals surface area contributed by atoms with Crippen LogP contribution in [-0.2, 0) is 12.3 Å². The molecule has 0 saturated heterocycles. The van der Waals surface area contributed by atoms with Crippen molar-refractivity contribution >= 4 is 5.82 Å². The van der Waals surface area contributed by atoms with E-state index in [9.17, 15) is 8.78 Å². The zero-order valence-electron chi connectivity index (χ0n) is 6.99. The van der Waals surface area contributed by atoms with E-state index in [4.69, 9.17) is 5.73 Å². The van der Waals surface area contributed by atoms with Gasteiger partial charge in [-0.3, -0.25) is 5.10 Å². The first-order chi connectivity index (χ1) is 5.46. The molecule has 68 valence electrons. The number of hydrogen-bond donors (Lipinski definition) is 2. The van der Waals surface area contributed by atoms with Gasteiger partial charge in [0.05, 0.1) is 0 Å². The third kappa shape index (κ3) is 1.39. The maximum atomic E-state index is 12.8. The van der Waals surface area contributed by atoms with E-state index in [-0.39, 0.29) is 11.5 Å². The smallest absolute Gasteiger partial charge is 0.286 e. The lowest BCUT2D eigenvalue weighted by molar-refractivity contribution is 0.0119. The SMILES string of the molecule is CCc1c(N)n[nH]c1C(C)(F)F. The van der Waals surface area contributed by atoms with Crippen LogP contribution in [0.3, 0.4) is 0 Å². The number of aromatic amines is 1. The van der Waals surface area contributed by atoms with Crippen molar-refractivity contribution in [3.63, 3.8) is 0 Å². The Kier molecular flexibility index (Phi) is 2.04. The molecule has 0 saturated carbocycles. The minimum Gasteiger partial charge on any atom is -0.382 e. The van der Waals surface area contributed by atoms with Gasteiger partial charge >= 0.3 is 0 Å². The standard InChI is InChI=1S/C7H11F2N3/c1-3-4-5(7(2,8)9)11-12-6(4)10/h3H2,1-2H3,(H3,10,11,12). The van der Waals surface area contributed by atoms with E-state index in [0.29, 0.717) is 12.0 Å². The average molecular weight is 175 g/mol. The fraction of sp³-hybridized carbons (Fsp3) is 0.571. The summed E-state index contributed by atoms with van der Waals surface area (Å²) in [5.74, 6) is -2.73. The van der Waals surface area contributed by atoms with E-state index >= 15 is 0 Å². The minimum atomic E-state index is -2.89. The van der Waals surface area contributed by atoms with E-state index in [2.05, 4.69) is 10.2 Å². The molecule has 0 radical (unpaired) electrons. The molecule has 1 aromatic rings. The highest BCUT2D eigenvalue weighted by molar-refractivity contribution is 5.43. The Balaban J connectivity index is 3.16. The number of nitrogens with one attached hydrogen (secondary N) is 1. The predicted molar refractivity (Wildman–Crippen MR) is 41.9 cm³/mol. The molecule has 5 heteroatoms. The number of H-pyrrole nitrogens is 1. The van der Waals surface area contributed by atoms with Crippen LogP contribution < -0.4 is 5.73 Å². The zero-order valence-corrected chi connectivity index (χ0v) is 6.99. The van der Waals surface area contributed by atoms with Gasteiger partial charge in [0, 0.05) is 12.5 Å². The normalized spacial score (nSPS) is 12.0. The van der Waals surface area contributed by atoms with Gasteiger partial charge in [-0.05, 0) is 6.42 Å². The van der Waals surface area contributed by atoms with Gasteiger partial charge in [0.2, 0.25) is 0 Å². The van der Waals surface area contributed by atoms with Gasteiger partial charge in [0.15, 0.2) is 0 Å². The molecule has 1 heterocycles. The summed E-state index contributed by atoms with van der Waals surface area (Å²) in [6.07, 6.45) is 0.459. The number of hydrogen-bond acceptors (Lipinski definition) is 2. The molecule has 0 amide bonds. The molecule has 0 atom stereocenters. The van der Waals surface area contributed by atoms with Crippen molar-refractivity contribution in [2.75, 3.05) is 5.73 Å². The number of halogens is 2. The van der Waals surface area contributed by atoms with Crippen LogP contribution in [0.1, 0.15) is 25.1 Å². The number of rotatable bonds is 2. The fourth-order valence-electron chi connectivity index (χ4n) is 1.10. The van der Waals surface area contributed by atoms with Gasteiger partial charge in [0.25, 0.3) is 5.92 Å². The lowest BCUT2D eigenvalue weighted by Gasteiger charge is -2.08. The summed E-state index contributed by atoms with van der Waals surface area (Å²) in [6, 6.07) is 0. The van der Waals surface area contributed by atoms with Crippen molar-refractivity contribution in [1.29, 1.82) is 0 Å². The molecule has 0 aliphatic heterocycles. The molecule has 0 aliphatic carbocycles. The first-order valence-corrected chi connectivity index (χ1v) is 3.67. The Morgan fingerprint density at radius 2 is 2.17 bits per heavy atom. The number of anilines is 1. The topological polar surface area (TPSA) is 54.7 Å². The van der Waals surface area contributed by atoms with Crippen molar-refractivity contribution in [1.82, 2.24) is 10.2 Å². The highest BCUT2D eigenvalue weighted by atomic mass is 19.3. The van der Waals surface area contributed by atoms with E-state index in [1.165, 1.54) is 0 Å². The molecule has 3 N–H and O–H groups in total. The second kappa shape index (κ2) is 2.73. The zero-order chi connectivity index (χ0) is 9.35. The van der Waals surface area contributed by atoms with Gasteiger partial charge in [-0.1, -0.05) is 6.92 Å².